The van der Waals surface area contributed by atoms with Crippen LogP contribution in [-0.2, 0) is 14.3 Å². The van der Waals surface area contributed by atoms with Crippen LogP contribution in [0.5, 0.6) is 0 Å². The molecule has 1 aliphatic rings. The Hall–Kier alpha value is -1.88. The molecule has 1 fully saturated rings. The lowest BCUT2D eigenvalue weighted by Gasteiger charge is -2.41. The van der Waals surface area contributed by atoms with Crippen LogP contribution in [0.1, 0.15) is 36.0 Å². The Morgan fingerprint density at radius 2 is 1.90 bits per heavy atom. The van der Waals surface area contributed by atoms with E-state index >= 15 is 0 Å². The molecule has 0 unspecified atom stereocenters. The predicted molar refractivity (Wildman–Crippen MR) is 77.9 cm³/mol. The summed E-state index contributed by atoms with van der Waals surface area (Å²) >= 11 is 0. The average molecular weight is 291 g/mol. The van der Waals surface area contributed by atoms with E-state index in [2.05, 4.69) is 5.32 Å². The number of carbonyl (C=O) groups is 2. The zero-order valence-corrected chi connectivity index (χ0v) is 12.4. The molecule has 0 aromatic heterocycles. The number of amides is 1. The largest absolute Gasteiger partial charge is 0.467 e. The van der Waals surface area contributed by atoms with Crippen LogP contribution >= 0.6 is 0 Å². The molecule has 0 saturated heterocycles. The van der Waals surface area contributed by atoms with Crippen LogP contribution in [0.25, 0.3) is 0 Å². The van der Waals surface area contributed by atoms with Gasteiger partial charge in [0.1, 0.15) is 0 Å². The van der Waals surface area contributed by atoms with Crippen molar-refractivity contribution in [3.8, 4) is 0 Å². The lowest BCUT2D eigenvalue weighted by atomic mass is 9.78. The molecule has 5 nitrogen and oxygen atoms in total. The molecule has 21 heavy (non-hydrogen) atoms. The fourth-order valence-corrected chi connectivity index (χ4v) is 2.93. The van der Waals surface area contributed by atoms with Crippen LogP contribution in [-0.4, -0.2) is 37.7 Å². The van der Waals surface area contributed by atoms with Gasteiger partial charge in [-0.1, -0.05) is 31.0 Å². The molecule has 1 aromatic carbocycles. The van der Waals surface area contributed by atoms with Crippen LogP contribution < -0.4 is 5.32 Å². The Bertz CT molecular complexity index is 502. The number of hydrogen-bond acceptors (Lipinski definition) is 4. The first-order valence-corrected chi connectivity index (χ1v) is 7.13. The summed E-state index contributed by atoms with van der Waals surface area (Å²) in [5, 5.41) is 2.86. The average Bonchev–Trinajstić information content (AvgIpc) is 2.55. The summed E-state index contributed by atoms with van der Waals surface area (Å²) in [6, 6.07) is 8.84. The molecule has 5 heteroatoms. The fraction of sp³-hybridized carbons (Fsp3) is 0.500. The van der Waals surface area contributed by atoms with Gasteiger partial charge >= 0.3 is 5.97 Å². The lowest BCUT2D eigenvalue weighted by molar-refractivity contribution is -0.157. The second kappa shape index (κ2) is 6.72. The molecule has 1 aliphatic carbocycles. The molecule has 2 atom stereocenters. The molecule has 1 N–H and O–H groups in total. The van der Waals surface area contributed by atoms with Crippen LogP contribution in [0.2, 0.25) is 0 Å². The van der Waals surface area contributed by atoms with Crippen LogP contribution in [0.3, 0.4) is 0 Å². The van der Waals surface area contributed by atoms with Crippen molar-refractivity contribution in [2.75, 3.05) is 14.2 Å². The molecule has 0 bridgehead atoms. The minimum Gasteiger partial charge on any atom is -0.467 e. The zero-order chi connectivity index (χ0) is 15.3. The van der Waals surface area contributed by atoms with E-state index in [9.17, 15) is 9.59 Å². The number of nitrogens with one attached hydrogen (secondary N) is 1. The van der Waals surface area contributed by atoms with Gasteiger partial charge < -0.3 is 14.8 Å². The maximum Gasteiger partial charge on any atom is 0.334 e. The minimum absolute atomic E-state index is 0.287. The van der Waals surface area contributed by atoms with E-state index in [-0.39, 0.29) is 12.0 Å². The first kappa shape index (κ1) is 15.5. The van der Waals surface area contributed by atoms with Gasteiger partial charge in [-0.05, 0) is 25.0 Å². The smallest absolute Gasteiger partial charge is 0.334 e. The summed E-state index contributed by atoms with van der Waals surface area (Å²) in [7, 11) is 2.89. The van der Waals surface area contributed by atoms with Gasteiger partial charge in [0.2, 0.25) is 0 Å². The molecule has 1 aromatic rings. The normalized spacial score (nSPS) is 25.1. The summed E-state index contributed by atoms with van der Waals surface area (Å²) in [6.07, 6.45) is 2.70. The van der Waals surface area contributed by atoms with Crippen molar-refractivity contribution < 1.29 is 19.1 Å². The molecule has 2 rings (SSSR count). The summed E-state index contributed by atoms with van der Waals surface area (Å²) < 4.78 is 10.4. The van der Waals surface area contributed by atoms with Crippen molar-refractivity contribution in [1.29, 1.82) is 0 Å². The Balaban J connectivity index is 2.28. The third-order valence-electron chi connectivity index (χ3n) is 4.04. The van der Waals surface area contributed by atoms with E-state index in [4.69, 9.17) is 9.47 Å². The highest BCUT2D eigenvalue weighted by molar-refractivity contribution is 5.98. The van der Waals surface area contributed by atoms with Gasteiger partial charge in [0, 0.05) is 12.7 Å². The molecule has 0 radical (unpaired) electrons. The first-order valence-electron chi connectivity index (χ1n) is 7.13. The standard InChI is InChI=1S/C16H21NO4/c1-20-13-10-6-7-11-16(13,15(19)21-2)17-14(18)12-8-4-3-5-9-12/h3-5,8-9,13H,6-7,10-11H2,1-2H3,(H,17,18)/t13-,16-/m0/s1. The minimum atomic E-state index is -1.10. The van der Waals surface area contributed by atoms with Gasteiger partial charge in [0.25, 0.3) is 5.91 Å². The SMILES string of the molecule is COC(=O)[C@]1(NC(=O)c2ccccc2)CCCC[C@@H]1OC. The quantitative estimate of drug-likeness (QED) is 0.861. The maximum absolute atomic E-state index is 12.4. The number of hydrogen-bond donors (Lipinski definition) is 1. The summed E-state index contributed by atoms with van der Waals surface area (Å²) in [5.74, 6) is -0.733. The molecule has 0 heterocycles. The van der Waals surface area contributed by atoms with Gasteiger partial charge in [0.05, 0.1) is 13.2 Å². The molecule has 114 valence electrons. The number of benzene rings is 1. The summed E-state index contributed by atoms with van der Waals surface area (Å²) in [4.78, 5) is 24.7. The first-order chi connectivity index (χ1) is 10.1. The molecular weight excluding hydrogens is 270 g/mol. The molecule has 1 amide bonds. The van der Waals surface area contributed by atoms with Crippen molar-refractivity contribution in [3.63, 3.8) is 0 Å². The third kappa shape index (κ3) is 3.08. The van der Waals surface area contributed by atoms with E-state index in [0.29, 0.717) is 12.0 Å². The van der Waals surface area contributed by atoms with Gasteiger partial charge in [-0.15, -0.1) is 0 Å². The maximum atomic E-state index is 12.4. The van der Waals surface area contributed by atoms with Crippen molar-refractivity contribution in [2.45, 2.75) is 37.3 Å². The second-order valence-electron chi connectivity index (χ2n) is 5.25. The highest BCUT2D eigenvalue weighted by Crippen LogP contribution is 2.32. The van der Waals surface area contributed by atoms with Gasteiger partial charge in [-0.2, -0.15) is 0 Å². The monoisotopic (exact) mass is 291 g/mol. The topological polar surface area (TPSA) is 64.6 Å². The molecule has 0 spiro atoms. The zero-order valence-electron chi connectivity index (χ0n) is 12.4. The Morgan fingerprint density at radius 3 is 2.52 bits per heavy atom. The second-order valence-corrected chi connectivity index (χ2v) is 5.25. The van der Waals surface area contributed by atoms with E-state index in [1.54, 1.807) is 31.4 Å². The van der Waals surface area contributed by atoms with Gasteiger partial charge in [-0.3, -0.25) is 4.79 Å². The fourth-order valence-electron chi connectivity index (χ4n) is 2.93. The number of rotatable bonds is 4. The number of carbonyl (C=O) groups excluding carboxylic acids is 2. The van der Waals surface area contributed by atoms with E-state index in [0.717, 1.165) is 19.3 Å². The van der Waals surface area contributed by atoms with Crippen molar-refractivity contribution >= 4 is 11.9 Å². The van der Waals surface area contributed by atoms with Crippen LogP contribution in [0.4, 0.5) is 0 Å². The molecular formula is C16H21NO4. The van der Waals surface area contributed by atoms with Crippen molar-refractivity contribution in [3.05, 3.63) is 35.9 Å². The van der Waals surface area contributed by atoms with E-state index in [1.807, 2.05) is 6.07 Å². The molecule has 1 saturated carbocycles. The highest BCUT2D eigenvalue weighted by Gasteiger charge is 2.50. The summed E-state index contributed by atoms with van der Waals surface area (Å²) in [5.41, 5.74) is -0.588. The number of ether oxygens (including phenoxy) is 2. The van der Waals surface area contributed by atoms with Crippen molar-refractivity contribution in [2.24, 2.45) is 0 Å². The third-order valence-corrected chi connectivity index (χ3v) is 4.04. The molecule has 0 aliphatic heterocycles. The number of esters is 1. The van der Waals surface area contributed by atoms with Gasteiger partial charge in [0.15, 0.2) is 5.54 Å². The van der Waals surface area contributed by atoms with Crippen LogP contribution in [0.15, 0.2) is 30.3 Å². The predicted octanol–water partition coefficient (Wildman–Crippen LogP) is 1.92. The number of methoxy groups -OCH3 is 2. The van der Waals surface area contributed by atoms with E-state index < -0.39 is 11.5 Å². The van der Waals surface area contributed by atoms with E-state index in [1.165, 1.54) is 7.11 Å². The Morgan fingerprint density at radius 1 is 1.19 bits per heavy atom. The summed E-state index contributed by atoms with van der Waals surface area (Å²) in [6.45, 7) is 0. The Labute approximate surface area is 124 Å². The Kier molecular flexibility index (Phi) is 4.96. The highest BCUT2D eigenvalue weighted by atomic mass is 16.5. The van der Waals surface area contributed by atoms with Crippen LogP contribution in [0, 0.1) is 0 Å². The lowest BCUT2D eigenvalue weighted by Crippen LogP contribution is -2.64. The van der Waals surface area contributed by atoms with Crippen molar-refractivity contribution in [1.82, 2.24) is 5.32 Å². The van der Waals surface area contributed by atoms with Gasteiger partial charge in [-0.25, -0.2) is 4.79 Å².